The molecule has 3 heteroatoms. The van der Waals surface area contributed by atoms with Crippen LogP contribution < -0.4 is 0 Å². The molecular formula is C17H24O3. The summed E-state index contributed by atoms with van der Waals surface area (Å²) in [6.07, 6.45) is 4.28. The van der Waals surface area contributed by atoms with Crippen LogP contribution in [0.2, 0.25) is 0 Å². The van der Waals surface area contributed by atoms with E-state index in [4.69, 9.17) is 9.47 Å². The fourth-order valence-electron chi connectivity index (χ4n) is 3.34. The molecule has 1 aromatic rings. The first-order chi connectivity index (χ1) is 9.69. The lowest BCUT2D eigenvalue weighted by Gasteiger charge is -2.39. The van der Waals surface area contributed by atoms with Crippen molar-refractivity contribution in [3.05, 3.63) is 35.4 Å². The lowest BCUT2D eigenvalue weighted by atomic mass is 9.85. The summed E-state index contributed by atoms with van der Waals surface area (Å²) in [6, 6.07) is 8.40. The molecule has 1 saturated heterocycles. The molecule has 1 fully saturated rings. The lowest BCUT2D eigenvalue weighted by Crippen LogP contribution is -2.45. The second-order valence-corrected chi connectivity index (χ2v) is 6.18. The van der Waals surface area contributed by atoms with Crippen molar-refractivity contribution in [2.24, 2.45) is 0 Å². The van der Waals surface area contributed by atoms with Crippen molar-refractivity contribution in [2.75, 3.05) is 13.2 Å². The Kier molecular flexibility index (Phi) is 4.11. The standard InChI is InChI=1S/C17H24O3/c1-17(9-4-5-10-20-17)16(18)12-15-14-7-3-2-6-13(14)8-11-19-15/h2-3,6-7,15-16,18H,4-5,8-12H2,1H3. The van der Waals surface area contributed by atoms with Crippen LogP contribution in [0.3, 0.4) is 0 Å². The molecule has 0 saturated carbocycles. The van der Waals surface area contributed by atoms with Crippen LogP contribution in [-0.4, -0.2) is 30.0 Å². The van der Waals surface area contributed by atoms with Gasteiger partial charge in [-0.2, -0.15) is 0 Å². The predicted molar refractivity (Wildman–Crippen MR) is 77.7 cm³/mol. The summed E-state index contributed by atoms with van der Waals surface area (Å²) >= 11 is 0. The second kappa shape index (κ2) is 5.84. The average molecular weight is 276 g/mol. The van der Waals surface area contributed by atoms with Crippen molar-refractivity contribution >= 4 is 0 Å². The SMILES string of the molecule is CC1(C(O)CC2OCCc3ccccc32)CCCCO1. The van der Waals surface area contributed by atoms with Gasteiger partial charge in [0, 0.05) is 13.0 Å². The van der Waals surface area contributed by atoms with Crippen molar-refractivity contribution in [1.82, 2.24) is 0 Å². The van der Waals surface area contributed by atoms with Crippen molar-refractivity contribution in [3.63, 3.8) is 0 Å². The van der Waals surface area contributed by atoms with Crippen molar-refractivity contribution in [1.29, 1.82) is 0 Å². The van der Waals surface area contributed by atoms with Crippen LogP contribution >= 0.6 is 0 Å². The number of benzene rings is 1. The van der Waals surface area contributed by atoms with E-state index in [0.717, 1.165) is 38.9 Å². The molecule has 3 rings (SSSR count). The molecule has 0 aromatic heterocycles. The van der Waals surface area contributed by atoms with E-state index in [1.165, 1.54) is 11.1 Å². The van der Waals surface area contributed by atoms with Gasteiger partial charge in [-0.05, 0) is 43.7 Å². The minimum atomic E-state index is -0.473. The van der Waals surface area contributed by atoms with E-state index in [1.807, 2.05) is 13.0 Å². The van der Waals surface area contributed by atoms with E-state index in [9.17, 15) is 5.11 Å². The van der Waals surface area contributed by atoms with Crippen LogP contribution in [0.15, 0.2) is 24.3 Å². The quantitative estimate of drug-likeness (QED) is 0.922. The molecule has 20 heavy (non-hydrogen) atoms. The molecule has 0 radical (unpaired) electrons. The first-order valence-corrected chi connectivity index (χ1v) is 7.70. The van der Waals surface area contributed by atoms with Crippen LogP contribution in [0.1, 0.15) is 49.8 Å². The van der Waals surface area contributed by atoms with Gasteiger partial charge in [0.05, 0.1) is 24.4 Å². The molecule has 0 spiro atoms. The van der Waals surface area contributed by atoms with Gasteiger partial charge in [-0.25, -0.2) is 0 Å². The maximum absolute atomic E-state index is 10.6. The molecule has 110 valence electrons. The van der Waals surface area contributed by atoms with Gasteiger partial charge < -0.3 is 14.6 Å². The Hall–Kier alpha value is -0.900. The average Bonchev–Trinajstić information content (AvgIpc) is 2.48. The Bertz CT molecular complexity index is 451. The number of hydrogen-bond donors (Lipinski definition) is 1. The molecular weight excluding hydrogens is 252 g/mol. The summed E-state index contributed by atoms with van der Waals surface area (Å²) < 4.78 is 11.7. The van der Waals surface area contributed by atoms with Crippen molar-refractivity contribution in [3.8, 4) is 0 Å². The summed E-state index contributed by atoms with van der Waals surface area (Å²) in [5, 5.41) is 10.6. The smallest absolute Gasteiger partial charge is 0.0913 e. The van der Waals surface area contributed by atoms with Gasteiger partial charge in [0.25, 0.3) is 0 Å². The van der Waals surface area contributed by atoms with Gasteiger partial charge in [-0.15, -0.1) is 0 Å². The Labute approximate surface area is 120 Å². The molecule has 1 N–H and O–H groups in total. The topological polar surface area (TPSA) is 38.7 Å². The predicted octanol–water partition coefficient (Wildman–Crippen LogP) is 3.01. The molecule has 3 nitrogen and oxygen atoms in total. The lowest BCUT2D eigenvalue weighted by molar-refractivity contribution is -0.149. The zero-order chi connectivity index (χ0) is 14.0. The number of ether oxygens (including phenoxy) is 2. The van der Waals surface area contributed by atoms with Gasteiger partial charge >= 0.3 is 0 Å². The van der Waals surface area contributed by atoms with Crippen LogP contribution in [0.5, 0.6) is 0 Å². The minimum Gasteiger partial charge on any atom is -0.390 e. The molecule has 0 aliphatic carbocycles. The second-order valence-electron chi connectivity index (χ2n) is 6.18. The Morgan fingerprint density at radius 1 is 1.30 bits per heavy atom. The third-order valence-corrected chi connectivity index (χ3v) is 4.73. The molecule has 0 amide bonds. The van der Waals surface area contributed by atoms with Crippen molar-refractivity contribution < 1.29 is 14.6 Å². The number of hydrogen-bond acceptors (Lipinski definition) is 3. The van der Waals surface area contributed by atoms with Crippen LogP contribution in [0.4, 0.5) is 0 Å². The maximum Gasteiger partial charge on any atom is 0.0913 e. The normalized spacial score (nSPS) is 31.6. The van der Waals surface area contributed by atoms with Gasteiger partial charge in [-0.1, -0.05) is 24.3 Å². The maximum atomic E-state index is 10.6. The molecule has 2 aliphatic rings. The summed E-state index contributed by atoms with van der Waals surface area (Å²) in [6.45, 7) is 3.53. The third-order valence-electron chi connectivity index (χ3n) is 4.73. The first kappa shape index (κ1) is 14.1. The summed E-state index contributed by atoms with van der Waals surface area (Å²) in [4.78, 5) is 0. The molecule has 0 bridgehead atoms. The van der Waals surface area contributed by atoms with E-state index in [2.05, 4.69) is 18.2 Å². The van der Waals surface area contributed by atoms with E-state index < -0.39 is 11.7 Å². The summed E-state index contributed by atoms with van der Waals surface area (Å²) in [7, 11) is 0. The number of rotatable bonds is 3. The highest BCUT2D eigenvalue weighted by molar-refractivity contribution is 5.31. The Balaban J connectivity index is 1.72. The highest BCUT2D eigenvalue weighted by atomic mass is 16.5. The molecule has 1 aromatic carbocycles. The highest BCUT2D eigenvalue weighted by Crippen LogP contribution is 2.36. The zero-order valence-electron chi connectivity index (χ0n) is 12.2. The minimum absolute atomic E-state index is 0.00250. The van der Waals surface area contributed by atoms with E-state index in [-0.39, 0.29) is 6.10 Å². The number of aliphatic hydroxyl groups is 1. The van der Waals surface area contributed by atoms with Crippen LogP contribution in [0.25, 0.3) is 0 Å². The van der Waals surface area contributed by atoms with E-state index in [0.29, 0.717) is 6.42 Å². The Morgan fingerprint density at radius 3 is 2.95 bits per heavy atom. The van der Waals surface area contributed by atoms with Crippen LogP contribution in [-0.2, 0) is 15.9 Å². The largest absolute Gasteiger partial charge is 0.390 e. The monoisotopic (exact) mass is 276 g/mol. The van der Waals surface area contributed by atoms with E-state index >= 15 is 0 Å². The van der Waals surface area contributed by atoms with Crippen molar-refractivity contribution in [2.45, 2.75) is 56.8 Å². The van der Waals surface area contributed by atoms with Gasteiger partial charge in [0.1, 0.15) is 0 Å². The molecule has 3 unspecified atom stereocenters. The number of aliphatic hydroxyl groups excluding tert-OH is 1. The zero-order valence-corrected chi connectivity index (χ0v) is 12.2. The number of fused-ring (bicyclic) bond motifs is 1. The third kappa shape index (κ3) is 2.76. The summed E-state index contributed by atoms with van der Waals surface area (Å²) in [5.41, 5.74) is 2.18. The van der Waals surface area contributed by atoms with Crippen LogP contribution in [0, 0.1) is 0 Å². The molecule has 2 aliphatic heterocycles. The fourth-order valence-corrected chi connectivity index (χ4v) is 3.34. The van der Waals surface area contributed by atoms with Gasteiger partial charge in [0.15, 0.2) is 0 Å². The summed E-state index contributed by atoms with van der Waals surface area (Å²) in [5.74, 6) is 0. The fraction of sp³-hybridized carbons (Fsp3) is 0.647. The van der Waals surface area contributed by atoms with Gasteiger partial charge in [0.2, 0.25) is 0 Å². The van der Waals surface area contributed by atoms with E-state index in [1.54, 1.807) is 0 Å². The highest BCUT2D eigenvalue weighted by Gasteiger charge is 2.38. The van der Waals surface area contributed by atoms with Gasteiger partial charge in [-0.3, -0.25) is 0 Å². The molecule has 3 atom stereocenters. The molecule has 2 heterocycles. The first-order valence-electron chi connectivity index (χ1n) is 7.70. The Morgan fingerprint density at radius 2 is 2.15 bits per heavy atom.